The summed E-state index contributed by atoms with van der Waals surface area (Å²) < 4.78 is 13.1. The van der Waals surface area contributed by atoms with E-state index in [9.17, 15) is 14.0 Å². The van der Waals surface area contributed by atoms with Gasteiger partial charge in [0.15, 0.2) is 6.54 Å². The van der Waals surface area contributed by atoms with Gasteiger partial charge in [0.25, 0.3) is 5.91 Å². The first kappa shape index (κ1) is 18.4. The van der Waals surface area contributed by atoms with Crippen molar-refractivity contribution in [3.05, 3.63) is 35.6 Å². The van der Waals surface area contributed by atoms with Gasteiger partial charge in [0.1, 0.15) is 12.4 Å². The van der Waals surface area contributed by atoms with Crippen LogP contribution in [0.1, 0.15) is 44.6 Å². The number of imide groups is 1. The normalized spacial score (nSPS) is 16.4. The highest BCUT2D eigenvalue weighted by molar-refractivity contribution is 5.94. The van der Waals surface area contributed by atoms with Gasteiger partial charge in [0, 0.05) is 12.1 Å². The average molecular weight is 336 g/mol. The first-order valence-corrected chi connectivity index (χ1v) is 8.75. The number of carbonyl (C=O) groups excluding carboxylic acids is 2. The predicted octanol–water partition coefficient (Wildman–Crippen LogP) is 1.39. The molecule has 0 spiro atoms. The summed E-state index contributed by atoms with van der Waals surface area (Å²) in [4.78, 5) is 24.8. The van der Waals surface area contributed by atoms with Crippen molar-refractivity contribution >= 4 is 11.9 Å². The van der Waals surface area contributed by atoms with Gasteiger partial charge in [-0.25, -0.2) is 9.18 Å². The highest BCUT2D eigenvalue weighted by Crippen LogP contribution is 2.15. The van der Waals surface area contributed by atoms with E-state index < -0.39 is 6.03 Å². The van der Waals surface area contributed by atoms with Crippen molar-refractivity contribution in [3.8, 4) is 0 Å². The highest BCUT2D eigenvalue weighted by atomic mass is 19.1. The maximum Gasteiger partial charge on any atom is 0.321 e. The highest BCUT2D eigenvalue weighted by Gasteiger charge is 2.27. The molecule has 0 aromatic heterocycles. The van der Waals surface area contributed by atoms with Gasteiger partial charge in [-0.05, 0) is 44.7 Å². The molecule has 1 aliphatic carbocycles. The van der Waals surface area contributed by atoms with Gasteiger partial charge in [-0.3, -0.25) is 10.1 Å². The molecule has 1 aliphatic rings. The van der Waals surface area contributed by atoms with Crippen LogP contribution in [-0.2, 0) is 11.3 Å². The van der Waals surface area contributed by atoms with E-state index in [1.165, 1.54) is 31.4 Å². The third-order valence-electron chi connectivity index (χ3n) is 4.50. The molecule has 0 heterocycles. The molecule has 1 aromatic carbocycles. The standard InChI is InChI=1S/C18H26FN3O2/c1-2-20-18(24)21-17(23)13-22(16-6-4-3-5-7-16)12-14-8-10-15(19)11-9-14/h8-11,16H,2-7,12-13H2,1H3,(H2,20,21,23,24)/p+1. The fourth-order valence-corrected chi connectivity index (χ4v) is 3.31. The Balaban J connectivity index is 2.00. The summed E-state index contributed by atoms with van der Waals surface area (Å²) in [6, 6.07) is 6.38. The van der Waals surface area contributed by atoms with E-state index in [0.29, 0.717) is 19.1 Å². The molecule has 0 bridgehead atoms. The number of rotatable bonds is 6. The minimum absolute atomic E-state index is 0.249. The van der Waals surface area contributed by atoms with Gasteiger partial charge in [-0.1, -0.05) is 18.6 Å². The van der Waals surface area contributed by atoms with Gasteiger partial charge in [0.2, 0.25) is 0 Å². The van der Waals surface area contributed by atoms with Crippen molar-refractivity contribution in [2.45, 2.75) is 51.6 Å². The maximum atomic E-state index is 13.1. The molecular formula is C18H27FN3O2+. The average Bonchev–Trinajstić information content (AvgIpc) is 2.57. The fraction of sp³-hybridized carbons (Fsp3) is 0.556. The third-order valence-corrected chi connectivity index (χ3v) is 4.50. The van der Waals surface area contributed by atoms with Gasteiger partial charge in [-0.2, -0.15) is 0 Å². The van der Waals surface area contributed by atoms with Gasteiger partial charge < -0.3 is 10.2 Å². The second-order valence-electron chi connectivity index (χ2n) is 6.38. The van der Waals surface area contributed by atoms with Crippen LogP contribution in [0.2, 0.25) is 0 Å². The van der Waals surface area contributed by atoms with E-state index >= 15 is 0 Å². The predicted molar refractivity (Wildman–Crippen MR) is 90.0 cm³/mol. The van der Waals surface area contributed by atoms with E-state index in [2.05, 4.69) is 10.6 Å². The summed E-state index contributed by atoms with van der Waals surface area (Å²) in [5, 5.41) is 4.94. The molecule has 0 saturated heterocycles. The zero-order valence-electron chi connectivity index (χ0n) is 14.2. The van der Waals surface area contributed by atoms with Crippen LogP contribution in [0, 0.1) is 5.82 Å². The minimum Gasteiger partial charge on any atom is -0.338 e. The Morgan fingerprint density at radius 3 is 2.46 bits per heavy atom. The molecule has 2 rings (SSSR count). The van der Waals surface area contributed by atoms with Gasteiger partial charge in [-0.15, -0.1) is 0 Å². The quantitative estimate of drug-likeness (QED) is 0.735. The Bertz CT molecular complexity index is 542. The molecule has 6 heteroatoms. The van der Waals surface area contributed by atoms with Gasteiger partial charge in [0.05, 0.1) is 6.04 Å². The molecule has 1 atom stereocenters. The molecule has 5 nitrogen and oxygen atoms in total. The summed E-state index contributed by atoms with van der Waals surface area (Å²) >= 11 is 0. The number of benzene rings is 1. The lowest BCUT2D eigenvalue weighted by molar-refractivity contribution is -0.932. The number of halogens is 1. The number of amides is 3. The van der Waals surface area contributed by atoms with E-state index in [4.69, 9.17) is 0 Å². The first-order valence-electron chi connectivity index (χ1n) is 8.75. The van der Waals surface area contributed by atoms with Crippen molar-refractivity contribution in [1.82, 2.24) is 10.6 Å². The van der Waals surface area contributed by atoms with Crippen LogP contribution in [0.15, 0.2) is 24.3 Å². The zero-order valence-corrected chi connectivity index (χ0v) is 14.2. The van der Waals surface area contributed by atoms with Crippen molar-refractivity contribution in [2.24, 2.45) is 0 Å². The van der Waals surface area contributed by atoms with Crippen LogP contribution < -0.4 is 15.5 Å². The number of hydrogen-bond donors (Lipinski definition) is 3. The smallest absolute Gasteiger partial charge is 0.321 e. The number of urea groups is 1. The summed E-state index contributed by atoms with van der Waals surface area (Å²) in [6.45, 7) is 3.19. The second-order valence-corrected chi connectivity index (χ2v) is 6.38. The van der Waals surface area contributed by atoms with Crippen LogP contribution in [0.3, 0.4) is 0 Å². The van der Waals surface area contributed by atoms with E-state index in [1.807, 2.05) is 0 Å². The van der Waals surface area contributed by atoms with E-state index in [1.54, 1.807) is 19.1 Å². The lowest BCUT2D eigenvalue weighted by atomic mass is 9.93. The topological polar surface area (TPSA) is 62.6 Å². The van der Waals surface area contributed by atoms with Crippen molar-refractivity contribution in [2.75, 3.05) is 13.1 Å². The minimum atomic E-state index is -0.452. The Morgan fingerprint density at radius 1 is 1.17 bits per heavy atom. The fourth-order valence-electron chi connectivity index (χ4n) is 3.31. The molecule has 3 amide bonds. The van der Waals surface area contributed by atoms with Crippen LogP contribution in [0.25, 0.3) is 0 Å². The number of quaternary nitrogens is 1. The Morgan fingerprint density at radius 2 is 1.83 bits per heavy atom. The molecule has 0 radical (unpaired) electrons. The van der Waals surface area contributed by atoms with Crippen molar-refractivity contribution in [3.63, 3.8) is 0 Å². The Labute approximate surface area is 142 Å². The van der Waals surface area contributed by atoms with Crippen LogP contribution in [0.4, 0.5) is 9.18 Å². The van der Waals surface area contributed by atoms with E-state index in [-0.39, 0.29) is 18.3 Å². The lowest BCUT2D eigenvalue weighted by Gasteiger charge is -2.31. The summed E-state index contributed by atoms with van der Waals surface area (Å²) in [7, 11) is 0. The Hall–Kier alpha value is -1.95. The summed E-state index contributed by atoms with van der Waals surface area (Å²) in [5.41, 5.74) is 1.00. The van der Waals surface area contributed by atoms with Crippen LogP contribution in [-0.4, -0.2) is 31.1 Å². The van der Waals surface area contributed by atoms with Gasteiger partial charge >= 0.3 is 6.03 Å². The second kappa shape index (κ2) is 9.37. The number of hydrogen-bond acceptors (Lipinski definition) is 2. The monoisotopic (exact) mass is 336 g/mol. The van der Waals surface area contributed by atoms with Crippen molar-refractivity contribution < 1.29 is 18.9 Å². The lowest BCUT2D eigenvalue weighted by Crippen LogP contribution is -3.15. The number of nitrogens with one attached hydrogen (secondary N) is 3. The molecular weight excluding hydrogens is 309 g/mol. The molecule has 1 unspecified atom stereocenters. The van der Waals surface area contributed by atoms with Crippen molar-refractivity contribution in [1.29, 1.82) is 0 Å². The molecule has 3 N–H and O–H groups in total. The molecule has 1 aromatic rings. The van der Waals surface area contributed by atoms with Crippen LogP contribution in [0.5, 0.6) is 0 Å². The molecule has 132 valence electrons. The zero-order chi connectivity index (χ0) is 17.4. The maximum absolute atomic E-state index is 13.1. The summed E-state index contributed by atoms with van der Waals surface area (Å²) in [5.74, 6) is -0.532. The molecule has 1 saturated carbocycles. The SMILES string of the molecule is CCNC(=O)NC(=O)C[NH+](Cc1ccc(F)cc1)C1CCCCC1. The number of carbonyl (C=O) groups is 2. The third kappa shape index (κ3) is 5.92. The molecule has 0 aliphatic heterocycles. The first-order chi connectivity index (χ1) is 11.6. The van der Waals surface area contributed by atoms with E-state index in [0.717, 1.165) is 23.3 Å². The molecule has 1 fully saturated rings. The van der Waals surface area contributed by atoms with Crippen LogP contribution >= 0.6 is 0 Å². The molecule has 24 heavy (non-hydrogen) atoms. The summed E-state index contributed by atoms with van der Waals surface area (Å²) in [6.07, 6.45) is 5.77. The Kier molecular flexibility index (Phi) is 7.18. The largest absolute Gasteiger partial charge is 0.338 e.